The van der Waals surface area contributed by atoms with E-state index in [0.29, 0.717) is 24.3 Å². The van der Waals surface area contributed by atoms with Crippen molar-refractivity contribution >= 4 is 23.5 Å². The van der Waals surface area contributed by atoms with Crippen molar-refractivity contribution in [3.05, 3.63) is 52.3 Å². The van der Waals surface area contributed by atoms with Gasteiger partial charge in [0.1, 0.15) is 5.15 Å². The number of hydrogen-bond donors (Lipinski definition) is 1. The lowest BCUT2D eigenvalue weighted by atomic mass is 10.2. The summed E-state index contributed by atoms with van der Waals surface area (Å²) in [4.78, 5) is 25.4. The predicted molar refractivity (Wildman–Crippen MR) is 90.8 cm³/mol. The molecule has 2 heterocycles. The second-order valence-corrected chi connectivity index (χ2v) is 6.20. The van der Waals surface area contributed by atoms with E-state index in [2.05, 4.69) is 5.10 Å². The number of ether oxygens (including phenoxy) is 1. The van der Waals surface area contributed by atoms with E-state index in [1.54, 1.807) is 11.6 Å². The summed E-state index contributed by atoms with van der Waals surface area (Å²) in [6.45, 7) is 2.66. The van der Waals surface area contributed by atoms with Gasteiger partial charge in [-0.25, -0.2) is 9.48 Å². The van der Waals surface area contributed by atoms with Gasteiger partial charge in [-0.05, 0) is 12.5 Å². The summed E-state index contributed by atoms with van der Waals surface area (Å²) < 4.78 is 6.73. The Morgan fingerprint density at radius 2 is 2.08 bits per heavy atom. The normalized spacial score (nSPS) is 17.5. The fourth-order valence-electron chi connectivity index (χ4n) is 2.80. The Labute approximate surface area is 149 Å². The van der Waals surface area contributed by atoms with Crippen LogP contribution in [0.1, 0.15) is 21.6 Å². The first-order chi connectivity index (χ1) is 12.0. The minimum absolute atomic E-state index is 0.00615. The highest BCUT2D eigenvalue weighted by Gasteiger charge is 2.32. The van der Waals surface area contributed by atoms with Gasteiger partial charge in [0.15, 0.2) is 6.10 Å². The average molecular weight is 364 g/mol. The van der Waals surface area contributed by atoms with Gasteiger partial charge in [-0.2, -0.15) is 5.10 Å². The highest BCUT2D eigenvalue weighted by molar-refractivity contribution is 6.33. The molecule has 1 aromatic carbocycles. The molecule has 1 amide bonds. The van der Waals surface area contributed by atoms with Crippen molar-refractivity contribution in [2.75, 3.05) is 19.7 Å². The number of amides is 1. The molecule has 0 saturated carbocycles. The van der Waals surface area contributed by atoms with E-state index < -0.39 is 12.1 Å². The summed E-state index contributed by atoms with van der Waals surface area (Å²) in [6, 6.07) is 9.67. The smallest absolute Gasteiger partial charge is 0.334 e. The Bertz CT molecular complexity index is 791. The minimum atomic E-state index is -1.08. The number of halogens is 1. The molecule has 25 heavy (non-hydrogen) atoms. The fraction of sp³-hybridized carbons (Fsp3) is 0.353. The van der Waals surface area contributed by atoms with E-state index in [9.17, 15) is 9.59 Å². The number of aryl methyl sites for hydroxylation is 1. The van der Waals surface area contributed by atoms with Crippen molar-refractivity contribution in [1.82, 2.24) is 14.7 Å². The molecule has 1 fully saturated rings. The zero-order valence-electron chi connectivity index (χ0n) is 13.7. The highest BCUT2D eigenvalue weighted by atomic mass is 35.5. The molecule has 1 aliphatic heterocycles. The molecular formula is C17H18ClN3O4. The Morgan fingerprint density at radius 1 is 1.36 bits per heavy atom. The molecule has 1 aliphatic rings. The van der Waals surface area contributed by atoms with Crippen LogP contribution in [0.2, 0.25) is 5.15 Å². The second-order valence-electron chi connectivity index (χ2n) is 5.84. The molecule has 3 rings (SSSR count). The maximum atomic E-state index is 12.8. The fourth-order valence-corrected chi connectivity index (χ4v) is 3.11. The predicted octanol–water partition coefficient (Wildman–Crippen LogP) is 1.82. The quantitative estimate of drug-likeness (QED) is 0.895. The number of morpholine rings is 1. The standard InChI is InChI=1S/C17H18ClN3O4/c1-11-14(16(22)20-7-8-25-13(10-20)17(23)24)15(18)21(19-11)9-12-5-3-2-4-6-12/h2-6,13H,7-10H2,1H3,(H,23,24). The Morgan fingerprint density at radius 3 is 2.76 bits per heavy atom. The van der Waals surface area contributed by atoms with Crippen molar-refractivity contribution < 1.29 is 19.4 Å². The van der Waals surface area contributed by atoms with E-state index in [0.717, 1.165) is 5.56 Å². The SMILES string of the molecule is Cc1nn(Cc2ccccc2)c(Cl)c1C(=O)N1CCOC(C(=O)O)C1. The van der Waals surface area contributed by atoms with Crippen LogP contribution in [0.3, 0.4) is 0 Å². The van der Waals surface area contributed by atoms with E-state index in [4.69, 9.17) is 21.4 Å². The maximum Gasteiger partial charge on any atom is 0.334 e. The van der Waals surface area contributed by atoms with Gasteiger partial charge in [-0.3, -0.25) is 4.79 Å². The summed E-state index contributed by atoms with van der Waals surface area (Å²) in [6.07, 6.45) is -1.02. The van der Waals surface area contributed by atoms with Gasteiger partial charge < -0.3 is 14.7 Å². The number of carboxylic acids is 1. The van der Waals surface area contributed by atoms with Crippen LogP contribution in [-0.2, 0) is 16.1 Å². The second kappa shape index (κ2) is 7.25. The first-order valence-corrected chi connectivity index (χ1v) is 8.25. The molecule has 7 nitrogen and oxygen atoms in total. The van der Waals surface area contributed by atoms with Gasteiger partial charge in [-0.15, -0.1) is 0 Å². The molecule has 1 aromatic heterocycles. The summed E-state index contributed by atoms with van der Waals surface area (Å²) in [5, 5.41) is 13.7. The molecule has 0 spiro atoms. The largest absolute Gasteiger partial charge is 0.479 e. The number of rotatable bonds is 4. The number of carboxylic acid groups (broad SMARTS) is 1. The number of aromatic nitrogens is 2. The van der Waals surface area contributed by atoms with Crippen molar-refractivity contribution in [2.24, 2.45) is 0 Å². The number of nitrogens with zero attached hydrogens (tertiary/aromatic N) is 3. The highest BCUT2D eigenvalue weighted by Crippen LogP contribution is 2.23. The first kappa shape index (κ1) is 17.4. The van der Waals surface area contributed by atoms with Crippen molar-refractivity contribution in [3.63, 3.8) is 0 Å². The van der Waals surface area contributed by atoms with Crippen molar-refractivity contribution in [2.45, 2.75) is 19.6 Å². The van der Waals surface area contributed by atoms with Crippen molar-refractivity contribution in [1.29, 1.82) is 0 Å². The van der Waals surface area contributed by atoms with Crippen LogP contribution in [-0.4, -0.2) is 57.5 Å². The molecule has 0 radical (unpaired) electrons. The third kappa shape index (κ3) is 3.67. The number of benzene rings is 1. The van der Waals surface area contributed by atoms with Crippen LogP contribution in [0.15, 0.2) is 30.3 Å². The molecule has 8 heteroatoms. The number of carbonyl (C=O) groups excluding carboxylic acids is 1. The summed E-state index contributed by atoms with van der Waals surface area (Å²) in [5.41, 5.74) is 1.84. The molecular weight excluding hydrogens is 346 g/mol. The van der Waals surface area contributed by atoms with Gasteiger partial charge in [-0.1, -0.05) is 41.9 Å². The van der Waals surface area contributed by atoms with Crippen molar-refractivity contribution in [3.8, 4) is 0 Å². The van der Waals surface area contributed by atoms with Crippen LogP contribution in [0, 0.1) is 6.92 Å². The van der Waals surface area contributed by atoms with Gasteiger partial charge in [0.05, 0.1) is 31.0 Å². The van der Waals surface area contributed by atoms with E-state index in [1.165, 1.54) is 4.90 Å². The molecule has 0 aliphatic carbocycles. The number of hydrogen-bond acceptors (Lipinski definition) is 4. The molecule has 2 aromatic rings. The summed E-state index contributed by atoms with van der Waals surface area (Å²) >= 11 is 6.40. The van der Waals surface area contributed by atoms with E-state index in [-0.39, 0.29) is 24.2 Å². The minimum Gasteiger partial charge on any atom is -0.479 e. The molecule has 1 atom stereocenters. The zero-order chi connectivity index (χ0) is 18.0. The lowest BCUT2D eigenvalue weighted by Gasteiger charge is -2.30. The lowest BCUT2D eigenvalue weighted by Crippen LogP contribution is -2.48. The van der Waals surface area contributed by atoms with Gasteiger partial charge in [0, 0.05) is 6.54 Å². The van der Waals surface area contributed by atoms with Crippen LogP contribution in [0.4, 0.5) is 0 Å². The van der Waals surface area contributed by atoms with Crippen LogP contribution < -0.4 is 0 Å². The number of aliphatic carboxylic acids is 1. The molecule has 0 bridgehead atoms. The summed E-state index contributed by atoms with van der Waals surface area (Å²) in [7, 11) is 0. The average Bonchev–Trinajstić information content (AvgIpc) is 2.89. The first-order valence-electron chi connectivity index (χ1n) is 7.88. The molecule has 132 valence electrons. The molecule has 1 N–H and O–H groups in total. The molecule has 1 saturated heterocycles. The Kier molecular flexibility index (Phi) is 5.06. The van der Waals surface area contributed by atoms with Crippen LogP contribution >= 0.6 is 11.6 Å². The zero-order valence-corrected chi connectivity index (χ0v) is 14.4. The lowest BCUT2D eigenvalue weighted by molar-refractivity contribution is -0.154. The van der Waals surface area contributed by atoms with Gasteiger partial charge in [0.2, 0.25) is 0 Å². The summed E-state index contributed by atoms with van der Waals surface area (Å²) in [5.74, 6) is -1.41. The van der Waals surface area contributed by atoms with Crippen LogP contribution in [0.25, 0.3) is 0 Å². The monoisotopic (exact) mass is 363 g/mol. The number of carbonyl (C=O) groups is 2. The van der Waals surface area contributed by atoms with E-state index >= 15 is 0 Å². The maximum absolute atomic E-state index is 12.8. The Hall–Kier alpha value is -2.38. The Balaban J connectivity index is 1.82. The third-order valence-electron chi connectivity index (χ3n) is 4.08. The van der Waals surface area contributed by atoms with Crippen LogP contribution in [0.5, 0.6) is 0 Å². The van der Waals surface area contributed by atoms with E-state index in [1.807, 2.05) is 30.3 Å². The van der Waals surface area contributed by atoms with Gasteiger partial charge >= 0.3 is 5.97 Å². The molecule has 1 unspecified atom stereocenters. The topological polar surface area (TPSA) is 84.7 Å². The third-order valence-corrected chi connectivity index (χ3v) is 4.47. The van der Waals surface area contributed by atoms with Gasteiger partial charge in [0.25, 0.3) is 5.91 Å².